The fraction of sp³-hybridized carbons (Fsp3) is 0.571. The summed E-state index contributed by atoms with van der Waals surface area (Å²) in [5, 5.41) is 8.88. The Morgan fingerprint density at radius 1 is 1.56 bits per heavy atom. The fourth-order valence-corrected chi connectivity index (χ4v) is 2.57. The van der Waals surface area contributed by atoms with E-state index in [0.717, 1.165) is 5.92 Å². The quantitative estimate of drug-likeness (QED) is 0.888. The van der Waals surface area contributed by atoms with E-state index in [1.165, 1.54) is 25.7 Å². The van der Waals surface area contributed by atoms with Crippen LogP contribution in [0.2, 0.25) is 0 Å². The predicted octanol–water partition coefficient (Wildman–Crippen LogP) is 2.74. The molecule has 0 spiro atoms. The summed E-state index contributed by atoms with van der Waals surface area (Å²) in [6, 6.07) is 3.64. The van der Waals surface area contributed by atoms with Gasteiger partial charge in [-0.3, -0.25) is 0 Å². The predicted molar refractivity (Wildman–Crippen MR) is 70.0 cm³/mol. The number of rotatable bonds is 3. The smallest absolute Gasteiger partial charge is 0.238 e. The van der Waals surface area contributed by atoms with Crippen molar-refractivity contribution >= 4 is 5.69 Å². The van der Waals surface area contributed by atoms with Gasteiger partial charge in [-0.1, -0.05) is 19.8 Å². The Bertz CT molecular complexity index is 453. The van der Waals surface area contributed by atoms with Gasteiger partial charge >= 0.3 is 0 Å². The molecule has 1 aliphatic rings. The molecule has 1 aromatic rings. The molecule has 18 heavy (non-hydrogen) atoms. The number of nitriles is 1. The molecule has 96 valence electrons. The third kappa shape index (κ3) is 2.92. The highest BCUT2D eigenvalue weighted by Gasteiger charge is 2.20. The average molecular weight is 245 g/mol. The summed E-state index contributed by atoms with van der Waals surface area (Å²) in [4.78, 5) is 4.09. The van der Waals surface area contributed by atoms with Gasteiger partial charge in [0, 0.05) is 6.20 Å². The maximum Gasteiger partial charge on any atom is 0.238 e. The molecule has 0 amide bonds. The fourth-order valence-electron chi connectivity index (χ4n) is 2.57. The molecular weight excluding hydrogens is 226 g/mol. The van der Waals surface area contributed by atoms with Crippen molar-refractivity contribution in [3.8, 4) is 11.9 Å². The third-order valence-electron chi connectivity index (χ3n) is 3.57. The lowest BCUT2D eigenvalue weighted by Crippen LogP contribution is -2.20. The van der Waals surface area contributed by atoms with E-state index in [-0.39, 0.29) is 0 Å². The van der Waals surface area contributed by atoms with Crippen molar-refractivity contribution in [3.05, 3.63) is 17.8 Å². The average Bonchev–Trinajstić information content (AvgIpc) is 2.38. The van der Waals surface area contributed by atoms with Crippen molar-refractivity contribution in [2.75, 3.05) is 12.3 Å². The van der Waals surface area contributed by atoms with E-state index in [9.17, 15) is 0 Å². The molecule has 1 aliphatic carbocycles. The Labute approximate surface area is 108 Å². The van der Waals surface area contributed by atoms with Crippen molar-refractivity contribution < 1.29 is 4.74 Å². The highest BCUT2D eigenvalue weighted by atomic mass is 16.5. The number of hydrogen-bond donors (Lipinski definition) is 1. The van der Waals surface area contributed by atoms with Crippen LogP contribution in [0.25, 0.3) is 0 Å². The highest BCUT2D eigenvalue weighted by molar-refractivity contribution is 5.59. The monoisotopic (exact) mass is 245 g/mol. The summed E-state index contributed by atoms with van der Waals surface area (Å²) in [6.45, 7) is 2.94. The van der Waals surface area contributed by atoms with Crippen LogP contribution in [0.1, 0.15) is 38.2 Å². The van der Waals surface area contributed by atoms with Crippen molar-refractivity contribution in [1.82, 2.24) is 4.98 Å². The molecule has 2 atom stereocenters. The summed E-state index contributed by atoms with van der Waals surface area (Å²) in [7, 11) is 0. The van der Waals surface area contributed by atoms with Crippen LogP contribution in [0, 0.1) is 23.2 Å². The molecule has 0 saturated heterocycles. The Hall–Kier alpha value is -1.76. The number of nitrogen functional groups attached to an aromatic ring is 1. The van der Waals surface area contributed by atoms with E-state index in [4.69, 9.17) is 15.7 Å². The third-order valence-corrected chi connectivity index (χ3v) is 3.57. The SMILES string of the molecule is CC1CCCC(COc2nccc(C#N)c2N)C1. The lowest BCUT2D eigenvalue weighted by atomic mass is 9.83. The summed E-state index contributed by atoms with van der Waals surface area (Å²) in [5.74, 6) is 1.76. The van der Waals surface area contributed by atoms with Gasteiger partial charge in [0.25, 0.3) is 0 Å². The van der Waals surface area contributed by atoms with E-state index in [2.05, 4.69) is 11.9 Å². The first-order chi connectivity index (χ1) is 8.70. The van der Waals surface area contributed by atoms with E-state index < -0.39 is 0 Å². The zero-order valence-electron chi connectivity index (χ0n) is 10.7. The molecule has 0 aliphatic heterocycles. The van der Waals surface area contributed by atoms with Crippen molar-refractivity contribution in [3.63, 3.8) is 0 Å². The first-order valence-electron chi connectivity index (χ1n) is 6.48. The second-order valence-corrected chi connectivity index (χ2v) is 5.14. The van der Waals surface area contributed by atoms with E-state index in [1.54, 1.807) is 12.3 Å². The van der Waals surface area contributed by atoms with Gasteiger partial charge in [-0.15, -0.1) is 0 Å². The summed E-state index contributed by atoms with van der Waals surface area (Å²) in [5.41, 5.74) is 6.61. The van der Waals surface area contributed by atoms with Crippen LogP contribution in [-0.2, 0) is 0 Å². The van der Waals surface area contributed by atoms with Crippen LogP contribution in [0.4, 0.5) is 5.69 Å². The lowest BCUT2D eigenvalue weighted by Gasteiger charge is -2.26. The normalized spacial score (nSPS) is 23.3. The molecule has 1 fully saturated rings. The highest BCUT2D eigenvalue weighted by Crippen LogP contribution is 2.30. The minimum Gasteiger partial charge on any atom is -0.476 e. The summed E-state index contributed by atoms with van der Waals surface area (Å²) < 4.78 is 5.68. The summed E-state index contributed by atoms with van der Waals surface area (Å²) in [6.07, 6.45) is 6.57. The van der Waals surface area contributed by atoms with E-state index in [0.29, 0.717) is 29.7 Å². The van der Waals surface area contributed by atoms with Crippen LogP contribution in [-0.4, -0.2) is 11.6 Å². The Morgan fingerprint density at radius 2 is 2.39 bits per heavy atom. The first-order valence-corrected chi connectivity index (χ1v) is 6.48. The minimum absolute atomic E-state index is 0.351. The number of aromatic nitrogens is 1. The number of anilines is 1. The van der Waals surface area contributed by atoms with Gasteiger partial charge in [0.1, 0.15) is 11.8 Å². The van der Waals surface area contributed by atoms with Crippen LogP contribution < -0.4 is 10.5 Å². The molecule has 4 nitrogen and oxygen atoms in total. The number of ether oxygens (including phenoxy) is 1. The topological polar surface area (TPSA) is 71.9 Å². The lowest BCUT2D eigenvalue weighted by molar-refractivity contribution is 0.178. The van der Waals surface area contributed by atoms with Crippen LogP contribution in [0.3, 0.4) is 0 Å². The van der Waals surface area contributed by atoms with Crippen molar-refractivity contribution in [2.45, 2.75) is 32.6 Å². The molecule has 1 heterocycles. The van der Waals surface area contributed by atoms with Crippen LogP contribution in [0.5, 0.6) is 5.88 Å². The molecule has 0 radical (unpaired) electrons. The number of hydrogen-bond acceptors (Lipinski definition) is 4. The van der Waals surface area contributed by atoms with Gasteiger partial charge in [0.2, 0.25) is 5.88 Å². The molecule has 0 bridgehead atoms. The second-order valence-electron chi connectivity index (χ2n) is 5.14. The number of nitrogens with zero attached hydrogens (tertiary/aromatic N) is 2. The Balaban J connectivity index is 1.96. The molecule has 2 N–H and O–H groups in total. The zero-order valence-corrected chi connectivity index (χ0v) is 10.7. The largest absolute Gasteiger partial charge is 0.476 e. The van der Waals surface area contributed by atoms with Gasteiger partial charge in [-0.05, 0) is 30.7 Å². The van der Waals surface area contributed by atoms with Gasteiger partial charge in [0.05, 0.1) is 12.2 Å². The second kappa shape index (κ2) is 5.72. The first kappa shape index (κ1) is 12.7. The van der Waals surface area contributed by atoms with Crippen LogP contribution in [0.15, 0.2) is 12.3 Å². The maximum atomic E-state index is 8.88. The summed E-state index contributed by atoms with van der Waals surface area (Å²) >= 11 is 0. The molecule has 4 heteroatoms. The van der Waals surface area contributed by atoms with Crippen LogP contribution >= 0.6 is 0 Å². The molecule has 1 aromatic heterocycles. The van der Waals surface area contributed by atoms with Crippen molar-refractivity contribution in [2.24, 2.45) is 11.8 Å². The molecule has 0 aromatic carbocycles. The molecule has 2 rings (SSSR count). The molecule has 1 saturated carbocycles. The van der Waals surface area contributed by atoms with Gasteiger partial charge in [-0.2, -0.15) is 5.26 Å². The zero-order chi connectivity index (χ0) is 13.0. The van der Waals surface area contributed by atoms with E-state index in [1.807, 2.05) is 6.07 Å². The standard InChI is InChI=1S/C14H19N3O/c1-10-3-2-4-11(7-10)9-18-14-13(16)12(8-15)5-6-17-14/h5-6,10-11H,2-4,7,9,16H2,1H3. The molecule has 2 unspecified atom stereocenters. The van der Waals surface area contributed by atoms with Gasteiger partial charge < -0.3 is 10.5 Å². The minimum atomic E-state index is 0.351. The van der Waals surface area contributed by atoms with Gasteiger partial charge in [-0.25, -0.2) is 4.98 Å². The van der Waals surface area contributed by atoms with Crippen molar-refractivity contribution in [1.29, 1.82) is 5.26 Å². The van der Waals surface area contributed by atoms with E-state index >= 15 is 0 Å². The van der Waals surface area contributed by atoms with Gasteiger partial charge in [0.15, 0.2) is 0 Å². The Kier molecular flexibility index (Phi) is 4.03. The number of pyridine rings is 1. The molecular formula is C14H19N3O. The number of nitrogens with two attached hydrogens (primary N) is 1. The maximum absolute atomic E-state index is 8.88. The Morgan fingerprint density at radius 3 is 3.11 bits per heavy atom.